The number of nitrogens with zero attached hydrogens (tertiary/aromatic N) is 1. The maximum absolute atomic E-state index is 11.6. The second-order valence-electron chi connectivity index (χ2n) is 6.95. The van der Waals surface area contributed by atoms with E-state index in [1.807, 2.05) is 19.1 Å². The maximum atomic E-state index is 11.6. The molecule has 25 heavy (non-hydrogen) atoms. The smallest absolute Gasteiger partial charge is 0.191 e. The van der Waals surface area contributed by atoms with Crippen molar-refractivity contribution in [2.24, 2.45) is 4.99 Å². The third-order valence-corrected chi connectivity index (χ3v) is 6.76. The Balaban J connectivity index is 2.09. The second-order valence-corrected chi connectivity index (χ2v) is 10.00. The molecule has 0 aromatic heterocycles. The van der Waals surface area contributed by atoms with E-state index in [1.54, 1.807) is 6.07 Å². The first kappa shape index (κ1) is 20.3. The van der Waals surface area contributed by atoms with Crippen molar-refractivity contribution >= 4 is 39.0 Å². The highest BCUT2D eigenvalue weighted by Crippen LogP contribution is 2.30. The molecule has 140 valence electrons. The SMILES string of the molecule is CCNC(=NCC(C)(C)c1ccc(Cl)c(Cl)c1)NC1CCS(=O)(=O)C1. The summed E-state index contributed by atoms with van der Waals surface area (Å²) in [5.74, 6) is 1.03. The number of nitrogens with one attached hydrogen (secondary N) is 2. The quantitative estimate of drug-likeness (QED) is 0.583. The summed E-state index contributed by atoms with van der Waals surface area (Å²) in [5.41, 5.74) is 0.808. The number of aliphatic imine (C=N–C) groups is 1. The highest BCUT2D eigenvalue weighted by Gasteiger charge is 2.28. The lowest BCUT2D eigenvalue weighted by Crippen LogP contribution is -2.44. The van der Waals surface area contributed by atoms with Gasteiger partial charge in [0.05, 0.1) is 28.1 Å². The Morgan fingerprint density at radius 1 is 1.32 bits per heavy atom. The Kier molecular flexibility index (Phi) is 6.62. The van der Waals surface area contributed by atoms with Gasteiger partial charge >= 0.3 is 0 Å². The minimum absolute atomic E-state index is 0.0871. The lowest BCUT2D eigenvalue weighted by molar-refractivity contribution is 0.535. The number of hydrogen-bond acceptors (Lipinski definition) is 3. The van der Waals surface area contributed by atoms with Crippen LogP contribution in [0.3, 0.4) is 0 Å². The fourth-order valence-corrected chi connectivity index (χ4v) is 4.68. The van der Waals surface area contributed by atoms with Crippen LogP contribution in [-0.2, 0) is 15.3 Å². The Bertz CT molecular complexity index is 748. The van der Waals surface area contributed by atoms with E-state index in [1.165, 1.54) is 0 Å². The lowest BCUT2D eigenvalue weighted by Gasteiger charge is -2.25. The van der Waals surface area contributed by atoms with Gasteiger partial charge in [-0.05, 0) is 31.0 Å². The van der Waals surface area contributed by atoms with Gasteiger partial charge in [-0.3, -0.25) is 4.99 Å². The Hall–Kier alpha value is -0.980. The van der Waals surface area contributed by atoms with Crippen LogP contribution in [0.25, 0.3) is 0 Å². The molecule has 0 radical (unpaired) electrons. The number of halogens is 2. The van der Waals surface area contributed by atoms with Crippen LogP contribution in [0.2, 0.25) is 10.0 Å². The van der Waals surface area contributed by atoms with Gasteiger partial charge in [-0.2, -0.15) is 0 Å². The Labute approximate surface area is 160 Å². The van der Waals surface area contributed by atoms with E-state index < -0.39 is 9.84 Å². The van der Waals surface area contributed by atoms with E-state index in [0.717, 1.165) is 5.56 Å². The Morgan fingerprint density at radius 2 is 2.04 bits per heavy atom. The number of benzene rings is 1. The van der Waals surface area contributed by atoms with Crippen molar-refractivity contribution in [1.82, 2.24) is 10.6 Å². The summed E-state index contributed by atoms with van der Waals surface area (Å²) in [6.07, 6.45) is 0.614. The predicted octanol–water partition coefficient (Wildman–Crippen LogP) is 3.01. The van der Waals surface area contributed by atoms with E-state index >= 15 is 0 Å². The highest BCUT2D eigenvalue weighted by molar-refractivity contribution is 7.91. The molecule has 1 aliphatic rings. The summed E-state index contributed by atoms with van der Waals surface area (Å²) >= 11 is 12.1. The number of sulfone groups is 1. The third kappa shape index (κ3) is 5.76. The van der Waals surface area contributed by atoms with Crippen LogP contribution in [0.5, 0.6) is 0 Å². The van der Waals surface area contributed by atoms with Gasteiger partial charge in [-0.15, -0.1) is 0 Å². The minimum Gasteiger partial charge on any atom is -0.357 e. The van der Waals surface area contributed by atoms with Crippen LogP contribution in [0.15, 0.2) is 23.2 Å². The molecule has 1 atom stereocenters. The first-order valence-corrected chi connectivity index (χ1v) is 10.9. The molecule has 0 spiro atoms. The summed E-state index contributed by atoms with van der Waals surface area (Å²) in [7, 11) is -2.92. The van der Waals surface area contributed by atoms with Crippen molar-refractivity contribution < 1.29 is 8.42 Å². The van der Waals surface area contributed by atoms with Crippen molar-refractivity contribution in [3.8, 4) is 0 Å². The topological polar surface area (TPSA) is 70.6 Å². The predicted molar refractivity (Wildman–Crippen MR) is 106 cm³/mol. The molecule has 0 saturated carbocycles. The molecule has 1 aromatic rings. The van der Waals surface area contributed by atoms with Crippen LogP contribution in [-0.4, -0.2) is 45.0 Å². The van der Waals surface area contributed by atoms with Crippen LogP contribution in [0.4, 0.5) is 0 Å². The molecular weight excluding hydrogens is 381 g/mol. The highest BCUT2D eigenvalue weighted by atomic mass is 35.5. The van der Waals surface area contributed by atoms with Gasteiger partial charge in [0.1, 0.15) is 0 Å². The molecule has 1 aromatic carbocycles. The number of guanidine groups is 1. The molecule has 1 saturated heterocycles. The van der Waals surface area contributed by atoms with Gasteiger partial charge in [0.2, 0.25) is 0 Å². The molecule has 0 bridgehead atoms. The first-order chi connectivity index (χ1) is 11.6. The van der Waals surface area contributed by atoms with E-state index in [0.29, 0.717) is 35.5 Å². The van der Waals surface area contributed by atoms with Gasteiger partial charge in [0.15, 0.2) is 15.8 Å². The van der Waals surface area contributed by atoms with E-state index in [9.17, 15) is 8.42 Å². The van der Waals surface area contributed by atoms with Crippen molar-refractivity contribution in [2.75, 3.05) is 24.6 Å². The zero-order valence-corrected chi connectivity index (χ0v) is 17.1. The molecule has 1 aliphatic heterocycles. The van der Waals surface area contributed by atoms with Gasteiger partial charge in [-0.1, -0.05) is 43.1 Å². The monoisotopic (exact) mass is 405 g/mol. The fraction of sp³-hybridized carbons (Fsp3) is 0.588. The second kappa shape index (κ2) is 8.14. The summed E-state index contributed by atoms with van der Waals surface area (Å²) < 4.78 is 23.2. The number of rotatable bonds is 5. The van der Waals surface area contributed by atoms with Gasteiger partial charge in [0.25, 0.3) is 0 Å². The molecule has 2 rings (SSSR count). The standard InChI is InChI=1S/C17H25Cl2N3O2S/c1-4-20-16(22-13-7-8-25(23,24)10-13)21-11-17(2,3)12-5-6-14(18)15(19)9-12/h5-6,9,13H,4,7-8,10-11H2,1-3H3,(H2,20,21,22). The minimum atomic E-state index is -2.92. The summed E-state index contributed by atoms with van der Waals surface area (Å²) in [6, 6.07) is 5.52. The molecule has 8 heteroatoms. The lowest BCUT2D eigenvalue weighted by atomic mass is 9.85. The average molecular weight is 406 g/mol. The molecule has 1 unspecified atom stereocenters. The molecule has 1 fully saturated rings. The molecule has 1 heterocycles. The largest absolute Gasteiger partial charge is 0.357 e. The van der Waals surface area contributed by atoms with Gasteiger partial charge < -0.3 is 10.6 Å². The molecule has 0 aliphatic carbocycles. The third-order valence-electron chi connectivity index (χ3n) is 4.25. The zero-order valence-electron chi connectivity index (χ0n) is 14.8. The first-order valence-electron chi connectivity index (χ1n) is 8.34. The molecule has 5 nitrogen and oxygen atoms in total. The van der Waals surface area contributed by atoms with Crippen molar-refractivity contribution in [1.29, 1.82) is 0 Å². The van der Waals surface area contributed by atoms with Crippen molar-refractivity contribution in [2.45, 2.75) is 38.6 Å². The average Bonchev–Trinajstić information content (AvgIpc) is 2.86. The normalized spacial score (nSPS) is 20.5. The van der Waals surface area contributed by atoms with E-state index in [-0.39, 0.29) is 23.0 Å². The van der Waals surface area contributed by atoms with Crippen LogP contribution < -0.4 is 10.6 Å². The Morgan fingerprint density at radius 3 is 2.60 bits per heavy atom. The molecular formula is C17H25Cl2N3O2S. The number of hydrogen-bond donors (Lipinski definition) is 2. The van der Waals surface area contributed by atoms with Crippen molar-refractivity contribution in [3.05, 3.63) is 33.8 Å². The van der Waals surface area contributed by atoms with E-state index in [2.05, 4.69) is 29.5 Å². The van der Waals surface area contributed by atoms with Crippen molar-refractivity contribution in [3.63, 3.8) is 0 Å². The summed E-state index contributed by atoms with van der Waals surface area (Å²) in [5, 5.41) is 7.46. The van der Waals surface area contributed by atoms with Gasteiger partial charge in [-0.25, -0.2) is 8.42 Å². The van der Waals surface area contributed by atoms with E-state index in [4.69, 9.17) is 23.2 Å². The maximum Gasteiger partial charge on any atom is 0.191 e. The van der Waals surface area contributed by atoms with Crippen LogP contribution in [0, 0.1) is 0 Å². The van der Waals surface area contributed by atoms with Crippen LogP contribution >= 0.6 is 23.2 Å². The van der Waals surface area contributed by atoms with Crippen LogP contribution in [0.1, 0.15) is 32.8 Å². The summed E-state index contributed by atoms with van der Waals surface area (Å²) in [4.78, 5) is 4.65. The fourth-order valence-electron chi connectivity index (χ4n) is 2.71. The zero-order chi connectivity index (χ0) is 18.7. The molecule has 2 N–H and O–H groups in total. The summed E-state index contributed by atoms with van der Waals surface area (Å²) in [6.45, 7) is 7.38. The molecule has 0 amide bonds. The van der Waals surface area contributed by atoms with Gasteiger partial charge in [0, 0.05) is 18.0 Å².